The molecule has 0 radical (unpaired) electrons. The summed E-state index contributed by atoms with van der Waals surface area (Å²) in [5.74, 6) is 0.759. The van der Waals surface area contributed by atoms with Crippen molar-refractivity contribution < 1.29 is 9.66 Å². The molecule has 6 nitrogen and oxygen atoms in total. The van der Waals surface area contributed by atoms with E-state index in [9.17, 15) is 10.1 Å². The highest BCUT2D eigenvalue weighted by molar-refractivity contribution is 7.22. The highest BCUT2D eigenvalue weighted by Gasteiger charge is 2.07. The third-order valence-electron chi connectivity index (χ3n) is 2.92. The lowest BCUT2D eigenvalue weighted by molar-refractivity contribution is -0.384. The number of fused-ring (bicyclic) bond motifs is 1. The van der Waals surface area contributed by atoms with Crippen molar-refractivity contribution in [2.24, 2.45) is 0 Å². The Kier molecular flexibility index (Phi) is 3.41. The standard InChI is InChI=1S/C14H11N3O3S/c1-20-11-6-7-13-12(8-11)16-14(21-13)15-9-2-4-10(5-3-9)17(18)19/h2-8H,1H3,(H,15,16). The summed E-state index contributed by atoms with van der Waals surface area (Å²) >= 11 is 1.51. The molecule has 21 heavy (non-hydrogen) atoms. The Hall–Kier alpha value is -2.67. The number of non-ortho nitro benzene ring substituents is 1. The quantitative estimate of drug-likeness (QED) is 0.583. The molecular weight excluding hydrogens is 290 g/mol. The number of benzene rings is 2. The van der Waals surface area contributed by atoms with Gasteiger partial charge in [0.15, 0.2) is 5.13 Å². The zero-order valence-corrected chi connectivity index (χ0v) is 11.9. The number of nitrogens with one attached hydrogen (secondary N) is 1. The number of rotatable bonds is 4. The van der Waals surface area contributed by atoms with E-state index in [1.807, 2.05) is 18.2 Å². The molecule has 3 rings (SSSR count). The molecule has 0 spiro atoms. The number of nitro benzene ring substituents is 1. The van der Waals surface area contributed by atoms with E-state index in [1.165, 1.54) is 23.5 Å². The van der Waals surface area contributed by atoms with Gasteiger partial charge in [-0.05, 0) is 24.3 Å². The van der Waals surface area contributed by atoms with Crippen LogP contribution < -0.4 is 10.1 Å². The molecule has 0 aliphatic carbocycles. The summed E-state index contributed by atoms with van der Waals surface area (Å²) in [5, 5.41) is 14.5. The largest absolute Gasteiger partial charge is 0.497 e. The number of ether oxygens (including phenoxy) is 1. The SMILES string of the molecule is COc1ccc2sc(Nc3ccc([N+](=O)[O-])cc3)nc2c1. The fourth-order valence-electron chi connectivity index (χ4n) is 1.88. The summed E-state index contributed by atoms with van der Waals surface area (Å²) in [5.41, 5.74) is 1.67. The molecule has 0 saturated heterocycles. The van der Waals surface area contributed by atoms with E-state index in [1.54, 1.807) is 19.2 Å². The molecule has 0 unspecified atom stereocenters. The topological polar surface area (TPSA) is 77.3 Å². The lowest BCUT2D eigenvalue weighted by Crippen LogP contribution is -1.91. The number of hydrogen-bond donors (Lipinski definition) is 1. The van der Waals surface area contributed by atoms with Crippen molar-refractivity contribution in [1.82, 2.24) is 4.98 Å². The van der Waals surface area contributed by atoms with Crippen LogP contribution in [0.3, 0.4) is 0 Å². The maximum absolute atomic E-state index is 10.6. The van der Waals surface area contributed by atoms with Crippen molar-refractivity contribution in [3.8, 4) is 5.75 Å². The summed E-state index contributed by atoms with van der Waals surface area (Å²) in [7, 11) is 1.61. The summed E-state index contributed by atoms with van der Waals surface area (Å²) in [6.07, 6.45) is 0. The molecular formula is C14H11N3O3S. The highest BCUT2D eigenvalue weighted by atomic mass is 32.1. The van der Waals surface area contributed by atoms with Crippen LogP contribution in [0.4, 0.5) is 16.5 Å². The number of thiazole rings is 1. The number of aromatic nitrogens is 1. The van der Waals surface area contributed by atoms with Crippen LogP contribution in [0.15, 0.2) is 42.5 Å². The van der Waals surface area contributed by atoms with Gasteiger partial charge in [0, 0.05) is 23.9 Å². The predicted molar refractivity (Wildman–Crippen MR) is 82.6 cm³/mol. The normalized spacial score (nSPS) is 10.5. The first kappa shape index (κ1) is 13.3. The van der Waals surface area contributed by atoms with Crippen LogP contribution >= 0.6 is 11.3 Å². The zero-order chi connectivity index (χ0) is 14.8. The van der Waals surface area contributed by atoms with Gasteiger partial charge in [0.05, 0.1) is 22.2 Å². The van der Waals surface area contributed by atoms with E-state index in [4.69, 9.17) is 4.74 Å². The van der Waals surface area contributed by atoms with Crippen molar-refractivity contribution in [2.45, 2.75) is 0 Å². The van der Waals surface area contributed by atoms with Crippen LogP contribution in [0.5, 0.6) is 5.75 Å². The highest BCUT2D eigenvalue weighted by Crippen LogP contribution is 2.30. The molecule has 106 valence electrons. The van der Waals surface area contributed by atoms with Gasteiger partial charge in [-0.1, -0.05) is 11.3 Å². The molecule has 0 fully saturated rings. The van der Waals surface area contributed by atoms with Crippen LogP contribution in [0.25, 0.3) is 10.2 Å². The lowest BCUT2D eigenvalue weighted by Gasteiger charge is -2.00. The van der Waals surface area contributed by atoms with Crippen LogP contribution in [-0.4, -0.2) is 17.0 Å². The van der Waals surface area contributed by atoms with E-state index in [0.29, 0.717) is 0 Å². The van der Waals surface area contributed by atoms with Gasteiger partial charge >= 0.3 is 0 Å². The first-order valence-corrected chi connectivity index (χ1v) is 6.93. The molecule has 1 N–H and O–H groups in total. The average Bonchev–Trinajstić information content (AvgIpc) is 2.88. The minimum Gasteiger partial charge on any atom is -0.497 e. The van der Waals surface area contributed by atoms with Gasteiger partial charge in [0.25, 0.3) is 5.69 Å². The average molecular weight is 301 g/mol. The van der Waals surface area contributed by atoms with E-state index >= 15 is 0 Å². The Bertz CT molecular complexity index is 799. The first-order valence-electron chi connectivity index (χ1n) is 6.12. The van der Waals surface area contributed by atoms with Crippen LogP contribution in [0.2, 0.25) is 0 Å². The fourth-order valence-corrected chi connectivity index (χ4v) is 2.74. The second-order valence-electron chi connectivity index (χ2n) is 4.28. The van der Waals surface area contributed by atoms with Crippen molar-refractivity contribution in [1.29, 1.82) is 0 Å². The fraction of sp³-hybridized carbons (Fsp3) is 0.0714. The third-order valence-corrected chi connectivity index (χ3v) is 3.88. The van der Waals surface area contributed by atoms with Gasteiger partial charge in [-0.2, -0.15) is 0 Å². The number of methoxy groups -OCH3 is 1. The molecule has 0 amide bonds. The molecule has 0 aliphatic heterocycles. The molecule has 2 aromatic carbocycles. The van der Waals surface area contributed by atoms with E-state index in [2.05, 4.69) is 10.3 Å². The van der Waals surface area contributed by atoms with Crippen LogP contribution in [0, 0.1) is 10.1 Å². The second-order valence-corrected chi connectivity index (χ2v) is 5.31. The molecule has 0 bridgehead atoms. The Morgan fingerprint density at radius 2 is 2.00 bits per heavy atom. The minimum absolute atomic E-state index is 0.0644. The number of anilines is 2. The Balaban J connectivity index is 1.85. The van der Waals surface area contributed by atoms with Gasteiger partial charge in [-0.25, -0.2) is 4.98 Å². The number of nitro groups is 1. The zero-order valence-electron chi connectivity index (χ0n) is 11.1. The summed E-state index contributed by atoms with van der Waals surface area (Å²) in [6.45, 7) is 0. The Morgan fingerprint density at radius 3 is 2.67 bits per heavy atom. The maximum atomic E-state index is 10.6. The molecule has 3 aromatic rings. The third kappa shape index (κ3) is 2.77. The Morgan fingerprint density at radius 1 is 1.24 bits per heavy atom. The second kappa shape index (κ2) is 5.37. The Labute approximate surface area is 124 Å². The van der Waals surface area contributed by atoms with Gasteiger partial charge in [0.2, 0.25) is 0 Å². The summed E-state index contributed by atoms with van der Waals surface area (Å²) < 4.78 is 6.21. The summed E-state index contributed by atoms with van der Waals surface area (Å²) in [4.78, 5) is 14.7. The predicted octanol–water partition coefficient (Wildman–Crippen LogP) is 3.96. The smallest absolute Gasteiger partial charge is 0.269 e. The van der Waals surface area contributed by atoms with Gasteiger partial charge in [-0.15, -0.1) is 0 Å². The van der Waals surface area contributed by atoms with Crippen molar-refractivity contribution in [3.63, 3.8) is 0 Å². The van der Waals surface area contributed by atoms with E-state index in [-0.39, 0.29) is 5.69 Å². The van der Waals surface area contributed by atoms with Gasteiger partial charge in [-0.3, -0.25) is 10.1 Å². The molecule has 0 atom stereocenters. The van der Waals surface area contributed by atoms with Crippen LogP contribution in [-0.2, 0) is 0 Å². The monoisotopic (exact) mass is 301 g/mol. The molecule has 7 heteroatoms. The van der Waals surface area contributed by atoms with Gasteiger partial charge in [0.1, 0.15) is 5.75 Å². The summed E-state index contributed by atoms with van der Waals surface area (Å²) in [6, 6.07) is 11.9. The first-order chi connectivity index (χ1) is 10.2. The molecule has 0 saturated carbocycles. The van der Waals surface area contributed by atoms with E-state index < -0.39 is 4.92 Å². The minimum atomic E-state index is -0.423. The van der Waals surface area contributed by atoms with Crippen LogP contribution in [0.1, 0.15) is 0 Å². The lowest BCUT2D eigenvalue weighted by atomic mass is 10.3. The number of hydrogen-bond acceptors (Lipinski definition) is 6. The van der Waals surface area contributed by atoms with Gasteiger partial charge < -0.3 is 10.1 Å². The van der Waals surface area contributed by atoms with Crippen molar-refractivity contribution >= 4 is 38.1 Å². The molecule has 0 aliphatic rings. The maximum Gasteiger partial charge on any atom is 0.269 e. The molecule has 1 heterocycles. The van der Waals surface area contributed by atoms with Crippen molar-refractivity contribution in [2.75, 3.05) is 12.4 Å². The number of nitrogens with zero attached hydrogens (tertiary/aromatic N) is 2. The van der Waals surface area contributed by atoms with Crippen molar-refractivity contribution in [3.05, 3.63) is 52.6 Å². The molecule has 1 aromatic heterocycles. The van der Waals surface area contributed by atoms with E-state index in [0.717, 1.165) is 26.8 Å².